The van der Waals surface area contributed by atoms with Gasteiger partial charge in [0.15, 0.2) is 5.13 Å². The smallest absolute Gasteiger partial charge is 0.325 e. The highest BCUT2D eigenvalue weighted by molar-refractivity contribution is 7.17. The van der Waals surface area contributed by atoms with Gasteiger partial charge in [-0.25, -0.2) is 9.78 Å². The van der Waals surface area contributed by atoms with E-state index in [0.29, 0.717) is 21.4 Å². The van der Waals surface area contributed by atoms with Gasteiger partial charge in [-0.3, -0.25) is 10.1 Å². The summed E-state index contributed by atoms with van der Waals surface area (Å²) in [5, 5.41) is 8.99. The van der Waals surface area contributed by atoms with Crippen molar-refractivity contribution in [2.75, 3.05) is 10.6 Å². The second-order valence-corrected chi connectivity index (χ2v) is 7.69. The highest BCUT2D eigenvalue weighted by Gasteiger charge is 2.21. The van der Waals surface area contributed by atoms with Crippen molar-refractivity contribution in [1.29, 1.82) is 0 Å². The summed E-state index contributed by atoms with van der Waals surface area (Å²) in [6.07, 6.45) is 5.65. The molecular formula is C19H24N4O2S. The van der Waals surface area contributed by atoms with Crippen LogP contribution in [0.5, 0.6) is 0 Å². The number of amides is 3. The van der Waals surface area contributed by atoms with Crippen molar-refractivity contribution < 1.29 is 9.59 Å². The Kier molecular flexibility index (Phi) is 5.88. The van der Waals surface area contributed by atoms with E-state index in [0.717, 1.165) is 18.4 Å². The zero-order chi connectivity index (χ0) is 18.5. The van der Waals surface area contributed by atoms with E-state index in [1.54, 1.807) is 6.92 Å². The number of aromatic nitrogens is 1. The fourth-order valence-corrected chi connectivity index (χ4v) is 4.01. The lowest BCUT2D eigenvalue weighted by atomic mass is 9.95. The van der Waals surface area contributed by atoms with Gasteiger partial charge in [0.2, 0.25) is 0 Å². The third-order valence-corrected chi connectivity index (χ3v) is 5.51. The van der Waals surface area contributed by atoms with Crippen molar-refractivity contribution >= 4 is 34.1 Å². The molecule has 6 nitrogen and oxygen atoms in total. The van der Waals surface area contributed by atoms with Crippen molar-refractivity contribution in [3.8, 4) is 0 Å². The van der Waals surface area contributed by atoms with Crippen molar-refractivity contribution in [2.24, 2.45) is 0 Å². The van der Waals surface area contributed by atoms with Crippen LogP contribution in [0, 0.1) is 13.8 Å². The standard InChI is InChI=1S/C19H24N4O2S/c1-12-7-6-10-15(11-12)22-18(25)23-19-20-13(2)16(26-19)17(24)21-14-8-4-3-5-9-14/h6-7,10-11,14H,3-5,8-9H2,1-2H3,(H,21,24)(H2,20,22,23,25). The summed E-state index contributed by atoms with van der Waals surface area (Å²) in [7, 11) is 0. The Morgan fingerprint density at radius 1 is 1.12 bits per heavy atom. The van der Waals surface area contributed by atoms with Crippen molar-refractivity contribution in [3.63, 3.8) is 0 Å². The van der Waals surface area contributed by atoms with Crippen LogP contribution in [0.15, 0.2) is 24.3 Å². The van der Waals surface area contributed by atoms with Gasteiger partial charge in [-0.05, 0) is 44.4 Å². The molecule has 26 heavy (non-hydrogen) atoms. The minimum Gasteiger partial charge on any atom is -0.349 e. The average Bonchev–Trinajstić information content (AvgIpc) is 2.96. The Bertz CT molecular complexity index is 797. The summed E-state index contributed by atoms with van der Waals surface area (Å²) >= 11 is 1.20. The number of rotatable bonds is 4. The number of nitrogens with one attached hydrogen (secondary N) is 3. The van der Waals surface area contributed by atoms with E-state index >= 15 is 0 Å². The molecule has 1 aromatic heterocycles. The Hall–Kier alpha value is -2.41. The first-order chi connectivity index (χ1) is 12.5. The van der Waals surface area contributed by atoms with Crippen molar-refractivity contribution in [3.05, 3.63) is 40.4 Å². The van der Waals surface area contributed by atoms with Gasteiger partial charge in [0.25, 0.3) is 5.91 Å². The van der Waals surface area contributed by atoms with Gasteiger partial charge in [-0.2, -0.15) is 0 Å². The molecule has 2 aromatic rings. The number of thiazole rings is 1. The van der Waals surface area contributed by atoms with Crippen molar-refractivity contribution in [1.82, 2.24) is 10.3 Å². The Morgan fingerprint density at radius 3 is 2.62 bits per heavy atom. The second-order valence-electron chi connectivity index (χ2n) is 6.69. The van der Waals surface area contributed by atoms with Crippen LogP contribution in [0.1, 0.15) is 53.0 Å². The first kappa shape index (κ1) is 18.4. The predicted molar refractivity (Wildman–Crippen MR) is 105 cm³/mol. The van der Waals surface area contributed by atoms with E-state index in [1.807, 2.05) is 31.2 Å². The maximum atomic E-state index is 12.5. The predicted octanol–water partition coefficient (Wildman–Crippen LogP) is 4.47. The molecule has 0 bridgehead atoms. The van der Waals surface area contributed by atoms with Gasteiger partial charge >= 0.3 is 6.03 Å². The summed E-state index contributed by atoms with van der Waals surface area (Å²) in [6, 6.07) is 7.43. The SMILES string of the molecule is Cc1cccc(NC(=O)Nc2nc(C)c(C(=O)NC3CCCCC3)s2)c1. The molecule has 1 aliphatic rings. The van der Waals surface area contributed by atoms with Gasteiger partial charge in [0.05, 0.1) is 5.69 Å². The lowest BCUT2D eigenvalue weighted by Gasteiger charge is -2.22. The van der Waals surface area contributed by atoms with E-state index in [4.69, 9.17) is 0 Å². The molecule has 1 fully saturated rings. The summed E-state index contributed by atoms with van der Waals surface area (Å²) in [4.78, 5) is 29.5. The lowest BCUT2D eigenvalue weighted by Crippen LogP contribution is -2.36. The highest BCUT2D eigenvalue weighted by Crippen LogP contribution is 2.24. The molecule has 3 amide bonds. The topological polar surface area (TPSA) is 83.1 Å². The summed E-state index contributed by atoms with van der Waals surface area (Å²) in [6.45, 7) is 3.75. The molecule has 0 radical (unpaired) electrons. The van der Waals surface area contributed by atoms with Crippen LogP contribution in [-0.4, -0.2) is 23.0 Å². The molecule has 0 atom stereocenters. The van der Waals surface area contributed by atoms with E-state index in [9.17, 15) is 9.59 Å². The number of nitrogens with zero attached hydrogens (tertiary/aromatic N) is 1. The fraction of sp³-hybridized carbons (Fsp3) is 0.421. The normalized spacial score (nSPS) is 14.7. The summed E-state index contributed by atoms with van der Waals surface area (Å²) < 4.78 is 0. The number of aryl methyl sites for hydroxylation is 2. The molecule has 0 saturated heterocycles. The van der Waals surface area contributed by atoms with Gasteiger partial charge in [0, 0.05) is 11.7 Å². The fourth-order valence-electron chi connectivity index (χ4n) is 3.14. The zero-order valence-electron chi connectivity index (χ0n) is 15.1. The van der Waals surface area contributed by atoms with E-state index < -0.39 is 0 Å². The Balaban J connectivity index is 1.60. The quantitative estimate of drug-likeness (QED) is 0.740. The largest absolute Gasteiger partial charge is 0.349 e. The van der Waals surface area contributed by atoms with Gasteiger partial charge in [0.1, 0.15) is 4.88 Å². The maximum absolute atomic E-state index is 12.5. The van der Waals surface area contributed by atoms with Gasteiger partial charge < -0.3 is 10.6 Å². The number of hydrogen-bond acceptors (Lipinski definition) is 4. The number of urea groups is 1. The average molecular weight is 372 g/mol. The zero-order valence-corrected chi connectivity index (χ0v) is 15.9. The Labute approximate surface area is 157 Å². The third-order valence-electron chi connectivity index (χ3n) is 4.44. The monoisotopic (exact) mass is 372 g/mol. The van der Waals surface area contributed by atoms with Crippen LogP contribution in [0.25, 0.3) is 0 Å². The minimum atomic E-state index is -0.372. The van der Waals surface area contributed by atoms with E-state index in [2.05, 4.69) is 20.9 Å². The molecule has 0 aliphatic heterocycles. The van der Waals surface area contributed by atoms with Crippen LogP contribution in [0.3, 0.4) is 0 Å². The van der Waals surface area contributed by atoms with Crippen LogP contribution >= 0.6 is 11.3 Å². The number of carbonyl (C=O) groups is 2. The number of anilines is 2. The minimum absolute atomic E-state index is 0.0981. The number of benzene rings is 1. The molecule has 0 unspecified atom stereocenters. The highest BCUT2D eigenvalue weighted by atomic mass is 32.1. The van der Waals surface area contributed by atoms with Crippen LogP contribution in [-0.2, 0) is 0 Å². The molecule has 1 aliphatic carbocycles. The summed E-state index contributed by atoms with van der Waals surface area (Å²) in [5.41, 5.74) is 2.41. The third kappa shape index (κ3) is 4.82. The molecule has 0 spiro atoms. The maximum Gasteiger partial charge on any atom is 0.325 e. The lowest BCUT2D eigenvalue weighted by molar-refractivity contribution is 0.0931. The number of carbonyl (C=O) groups excluding carboxylic acids is 2. The first-order valence-electron chi connectivity index (χ1n) is 8.94. The Morgan fingerprint density at radius 2 is 1.88 bits per heavy atom. The summed E-state index contributed by atoms with van der Waals surface area (Å²) in [5.74, 6) is -0.0981. The molecule has 3 N–H and O–H groups in total. The number of hydrogen-bond donors (Lipinski definition) is 3. The van der Waals surface area contributed by atoms with Crippen molar-refractivity contribution in [2.45, 2.75) is 52.0 Å². The molecule has 3 rings (SSSR count). The molecule has 1 heterocycles. The molecule has 138 valence electrons. The molecule has 7 heteroatoms. The van der Waals surface area contributed by atoms with Gasteiger partial charge in [-0.15, -0.1) is 0 Å². The van der Waals surface area contributed by atoms with E-state index in [1.165, 1.54) is 30.6 Å². The second kappa shape index (κ2) is 8.31. The molecular weight excluding hydrogens is 348 g/mol. The van der Waals surface area contributed by atoms with Crippen LogP contribution in [0.2, 0.25) is 0 Å². The van der Waals surface area contributed by atoms with Crippen LogP contribution < -0.4 is 16.0 Å². The molecule has 1 saturated carbocycles. The molecule has 1 aromatic carbocycles. The van der Waals surface area contributed by atoms with Gasteiger partial charge in [-0.1, -0.05) is 42.7 Å². The van der Waals surface area contributed by atoms with E-state index in [-0.39, 0.29) is 18.0 Å². The van der Waals surface area contributed by atoms with Crippen LogP contribution in [0.4, 0.5) is 15.6 Å². The first-order valence-corrected chi connectivity index (χ1v) is 9.76.